The number of hydrogen-bond donors (Lipinski definition) is 4. The van der Waals surface area contributed by atoms with Crippen LogP contribution < -0.4 is 26.0 Å². The Hall–Kier alpha value is -4.51. The quantitative estimate of drug-likeness (QED) is 0.0649. The average molecular weight is 674 g/mol. The minimum atomic E-state index is -1.78. The predicted octanol–water partition coefficient (Wildman–Crippen LogP) is 0.0109. The Kier molecular flexibility index (Phi) is 11.0. The SMILES string of the molecule is CCCCCCNC(=O)c1cc[n+](CC2=C(C(=O)[O-])N3C(=O)[C@@H](NC(=O)/C(=N\OC(C)(C)C(=O)O)c4csc(N)n4)[C@H]3SC2)cc1. The predicted molar refractivity (Wildman–Crippen MR) is 166 cm³/mol. The molecule has 0 radical (unpaired) electrons. The first-order valence-corrected chi connectivity index (χ1v) is 16.4. The number of aliphatic carboxylic acids is 2. The molecule has 46 heavy (non-hydrogen) atoms. The molecule has 0 aromatic carbocycles. The summed E-state index contributed by atoms with van der Waals surface area (Å²) in [5.74, 6) is -4.42. The molecule has 0 spiro atoms. The molecule has 2 aliphatic rings. The third-order valence-corrected chi connectivity index (χ3v) is 9.24. The van der Waals surface area contributed by atoms with Gasteiger partial charge in [0.05, 0.1) is 17.2 Å². The number of aromatic nitrogens is 2. The van der Waals surface area contributed by atoms with Crippen molar-refractivity contribution in [1.82, 2.24) is 20.5 Å². The van der Waals surface area contributed by atoms with Gasteiger partial charge in [-0.05, 0) is 20.3 Å². The minimum absolute atomic E-state index is 0.00576. The lowest BCUT2D eigenvalue weighted by molar-refractivity contribution is -0.689. The first-order chi connectivity index (χ1) is 21.8. The first-order valence-electron chi connectivity index (χ1n) is 14.5. The number of amides is 3. The van der Waals surface area contributed by atoms with Crippen LogP contribution >= 0.6 is 23.1 Å². The van der Waals surface area contributed by atoms with E-state index in [1.54, 1.807) is 29.1 Å². The van der Waals surface area contributed by atoms with Crippen LogP contribution in [0.5, 0.6) is 0 Å². The number of oxime groups is 1. The van der Waals surface area contributed by atoms with E-state index in [4.69, 9.17) is 10.6 Å². The van der Waals surface area contributed by atoms with Gasteiger partial charge in [0.1, 0.15) is 17.1 Å². The zero-order valence-corrected chi connectivity index (χ0v) is 27.1. The fraction of sp³-hybridized carbons (Fsp3) is 0.448. The number of carbonyl (C=O) groups is 5. The second-order valence-electron chi connectivity index (χ2n) is 11.1. The highest BCUT2D eigenvalue weighted by molar-refractivity contribution is 8.00. The Labute approximate surface area is 272 Å². The van der Waals surface area contributed by atoms with Crippen molar-refractivity contribution in [1.29, 1.82) is 0 Å². The van der Waals surface area contributed by atoms with Crippen LogP contribution in [0, 0.1) is 0 Å². The highest BCUT2D eigenvalue weighted by atomic mass is 32.2. The van der Waals surface area contributed by atoms with E-state index >= 15 is 0 Å². The van der Waals surface area contributed by atoms with Gasteiger partial charge in [-0.25, -0.2) is 14.3 Å². The number of nitrogens with one attached hydrogen (secondary N) is 2. The molecule has 4 heterocycles. The second-order valence-corrected chi connectivity index (χ2v) is 13.1. The lowest BCUT2D eigenvalue weighted by Crippen LogP contribution is -2.71. The number of rotatable bonds is 15. The summed E-state index contributed by atoms with van der Waals surface area (Å²) >= 11 is 2.27. The maximum Gasteiger partial charge on any atom is 0.350 e. The van der Waals surface area contributed by atoms with Crippen molar-refractivity contribution in [3.63, 3.8) is 0 Å². The van der Waals surface area contributed by atoms with Crippen LogP contribution in [0.4, 0.5) is 5.13 Å². The van der Waals surface area contributed by atoms with Gasteiger partial charge in [-0.3, -0.25) is 19.3 Å². The summed E-state index contributed by atoms with van der Waals surface area (Å²) in [5.41, 5.74) is 4.12. The molecule has 4 rings (SSSR count). The largest absolute Gasteiger partial charge is 0.543 e. The van der Waals surface area contributed by atoms with Crippen molar-refractivity contribution in [3.05, 3.63) is 52.4 Å². The van der Waals surface area contributed by atoms with Gasteiger partial charge < -0.3 is 36.2 Å². The van der Waals surface area contributed by atoms with E-state index in [1.807, 2.05) is 0 Å². The van der Waals surface area contributed by atoms with Crippen molar-refractivity contribution in [3.8, 4) is 0 Å². The fourth-order valence-corrected chi connectivity index (χ4v) is 6.48. The number of nitrogens with zero attached hydrogens (tertiary/aromatic N) is 4. The van der Waals surface area contributed by atoms with Gasteiger partial charge in [0.25, 0.3) is 17.7 Å². The molecule has 0 bridgehead atoms. The molecule has 2 aromatic rings. The zero-order chi connectivity index (χ0) is 33.6. The number of thioether (sulfide) groups is 1. The first kappa shape index (κ1) is 34.4. The summed E-state index contributed by atoms with van der Waals surface area (Å²) in [4.78, 5) is 72.8. The Morgan fingerprint density at radius 1 is 1.24 bits per heavy atom. The van der Waals surface area contributed by atoms with Crippen LogP contribution in [0.25, 0.3) is 0 Å². The summed E-state index contributed by atoms with van der Waals surface area (Å²) in [5, 5.41) is 31.5. The van der Waals surface area contributed by atoms with Gasteiger partial charge in [-0.1, -0.05) is 31.3 Å². The summed E-state index contributed by atoms with van der Waals surface area (Å²) in [6.45, 7) is 5.31. The Morgan fingerprint density at radius 3 is 2.57 bits per heavy atom. The highest BCUT2D eigenvalue weighted by Gasteiger charge is 2.53. The number of carbonyl (C=O) groups excluding carboxylic acids is 4. The molecule has 17 heteroatoms. The molecular weight excluding hydrogens is 638 g/mol. The van der Waals surface area contributed by atoms with Gasteiger partial charge in [-0.15, -0.1) is 23.1 Å². The van der Waals surface area contributed by atoms with Crippen molar-refractivity contribution < 1.29 is 43.6 Å². The number of carboxylic acid groups (broad SMARTS) is 2. The van der Waals surface area contributed by atoms with E-state index in [0.717, 1.165) is 41.9 Å². The van der Waals surface area contributed by atoms with E-state index in [1.165, 1.54) is 31.0 Å². The third kappa shape index (κ3) is 7.82. The molecule has 5 N–H and O–H groups in total. The van der Waals surface area contributed by atoms with Crippen LogP contribution in [-0.4, -0.2) is 79.7 Å². The smallest absolute Gasteiger partial charge is 0.350 e. The molecule has 1 fully saturated rings. The lowest BCUT2D eigenvalue weighted by Gasteiger charge is -2.50. The Bertz CT molecular complexity index is 1570. The third-order valence-electron chi connectivity index (χ3n) is 7.23. The van der Waals surface area contributed by atoms with Crippen molar-refractivity contribution in [2.24, 2.45) is 5.16 Å². The van der Waals surface area contributed by atoms with Crippen LogP contribution in [-0.2, 0) is 30.6 Å². The molecule has 3 amide bonds. The summed E-state index contributed by atoms with van der Waals surface area (Å²) in [6.07, 6.45) is 7.49. The zero-order valence-electron chi connectivity index (χ0n) is 25.5. The number of pyridine rings is 1. The number of hydrogen-bond acceptors (Lipinski definition) is 12. The van der Waals surface area contributed by atoms with Crippen molar-refractivity contribution in [2.75, 3.05) is 18.0 Å². The molecular formula is C29H35N7O8S2. The van der Waals surface area contributed by atoms with Crippen molar-refractivity contribution in [2.45, 2.75) is 70.0 Å². The molecule has 246 valence electrons. The van der Waals surface area contributed by atoms with E-state index in [-0.39, 0.29) is 34.7 Å². The number of carboxylic acids is 2. The monoisotopic (exact) mass is 673 g/mol. The molecule has 15 nitrogen and oxygen atoms in total. The van der Waals surface area contributed by atoms with Gasteiger partial charge in [0, 0.05) is 35.4 Å². The molecule has 1 saturated heterocycles. The fourth-order valence-electron chi connectivity index (χ4n) is 4.59. The number of β-lactam (4-membered cyclic amide) rings is 1. The highest BCUT2D eigenvalue weighted by Crippen LogP contribution is 2.40. The molecule has 0 aliphatic carbocycles. The molecule has 0 unspecified atom stereocenters. The Balaban J connectivity index is 1.45. The topological polar surface area (TPSA) is 220 Å². The normalized spacial score (nSPS) is 18.0. The number of thiazole rings is 1. The number of nitrogen functional groups attached to an aromatic ring is 1. The lowest BCUT2D eigenvalue weighted by atomic mass is 10.0. The number of fused-ring (bicyclic) bond motifs is 1. The number of unbranched alkanes of at least 4 members (excludes halogenated alkanes) is 3. The Morgan fingerprint density at radius 2 is 1.96 bits per heavy atom. The standard InChI is InChI=1S/C29H35N7O8S2/c1-4-5-6-7-10-31-22(37)16-8-11-35(12-9-16)13-17-14-45-25-20(24(39)36(25)21(17)26(40)41)33-23(38)19(18-15-46-28(30)32-18)34-44-29(2,3)27(42)43/h8-9,11-12,15,20,25H,4-7,10,13-14H2,1-3H3,(H5-,30,31,32,33,37,38,40,41,42,43)/b34-19-/t20-,25-/m1/s1. The number of nitrogens with two attached hydrogens (primary N) is 1. The molecule has 0 saturated carbocycles. The summed E-state index contributed by atoms with van der Waals surface area (Å²) in [7, 11) is 0. The van der Waals surface area contributed by atoms with Gasteiger partial charge in [0.15, 0.2) is 29.8 Å². The maximum absolute atomic E-state index is 13.3. The molecule has 2 aromatic heterocycles. The van der Waals surface area contributed by atoms with Gasteiger partial charge in [-0.2, -0.15) is 0 Å². The average Bonchev–Trinajstić information content (AvgIpc) is 3.45. The second kappa shape index (κ2) is 14.7. The van der Waals surface area contributed by atoms with Gasteiger partial charge in [0.2, 0.25) is 5.60 Å². The van der Waals surface area contributed by atoms with Gasteiger partial charge >= 0.3 is 5.97 Å². The van der Waals surface area contributed by atoms with E-state index in [0.29, 0.717) is 17.7 Å². The van der Waals surface area contributed by atoms with Crippen LogP contribution in [0.15, 0.2) is 46.3 Å². The maximum atomic E-state index is 13.3. The molecule has 2 aliphatic heterocycles. The number of anilines is 1. The van der Waals surface area contributed by atoms with Crippen LogP contribution in [0.3, 0.4) is 0 Å². The molecule has 2 atom stereocenters. The minimum Gasteiger partial charge on any atom is -0.543 e. The van der Waals surface area contributed by atoms with E-state index in [9.17, 15) is 34.2 Å². The van der Waals surface area contributed by atoms with E-state index < -0.39 is 46.5 Å². The summed E-state index contributed by atoms with van der Waals surface area (Å²) < 4.78 is 1.70. The van der Waals surface area contributed by atoms with Crippen LogP contribution in [0.2, 0.25) is 0 Å². The van der Waals surface area contributed by atoms with E-state index in [2.05, 4.69) is 27.7 Å². The van der Waals surface area contributed by atoms with Crippen molar-refractivity contribution >= 4 is 63.6 Å². The van der Waals surface area contributed by atoms with Crippen LogP contribution in [0.1, 0.15) is 62.5 Å². The summed E-state index contributed by atoms with van der Waals surface area (Å²) in [6, 6.07) is 2.15.